The molecule has 3 amide bonds. The lowest BCUT2D eigenvalue weighted by atomic mass is 10.1. The van der Waals surface area contributed by atoms with Gasteiger partial charge in [0.15, 0.2) is 0 Å². The molecule has 1 atom stereocenters. The molecule has 2 aromatic rings. The minimum absolute atomic E-state index is 0.0355. The van der Waals surface area contributed by atoms with E-state index in [0.29, 0.717) is 18.7 Å². The van der Waals surface area contributed by atoms with E-state index in [1.165, 1.54) is 0 Å². The topological polar surface area (TPSA) is 78.5 Å². The zero-order valence-corrected chi connectivity index (χ0v) is 18.8. The summed E-state index contributed by atoms with van der Waals surface area (Å²) >= 11 is 1.75. The molecule has 1 aliphatic heterocycles. The van der Waals surface area contributed by atoms with Gasteiger partial charge < -0.3 is 15.5 Å². The van der Waals surface area contributed by atoms with Crippen molar-refractivity contribution in [2.75, 3.05) is 17.2 Å². The number of nitrogens with one attached hydrogen (secondary N) is 2. The standard InChI is InChI=1S/C24H29N3O3S/c1-3-17(2)26-24(30)19-8-6-7-18(15-19)16-25-22(28)11-12-23(29)27-13-14-31-21-10-5-4-9-20(21)27/h4-10,15,17H,3,11-14,16H2,1-2H3,(H,25,28)(H,26,30). The van der Waals surface area contributed by atoms with E-state index >= 15 is 0 Å². The highest BCUT2D eigenvalue weighted by molar-refractivity contribution is 7.99. The first-order chi connectivity index (χ1) is 15.0. The highest BCUT2D eigenvalue weighted by atomic mass is 32.2. The number of hydrogen-bond acceptors (Lipinski definition) is 4. The number of para-hydroxylation sites is 1. The fraction of sp³-hybridized carbons (Fsp3) is 0.375. The van der Waals surface area contributed by atoms with Crippen LogP contribution in [0, 0.1) is 0 Å². The molecule has 0 bridgehead atoms. The molecular weight excluding hydrogens is 410 g/mol. The molecular formula is C24H29N3O3S. The van der Waals surface area contributed by atoms with Crippen LogP contribution < -0.4 is 15.5 Å². The van der Waals surface area contributed by atoms with Crippen molar-refractivity contribution in [3.8, 4) is 0 Å². The number of rotatable bonds is 8. The molecule has 31 heavy (non-hydrogen) atoms. The third kappa shape index (κ3) is 6.34. The van der Waals surface area contributed by atoms with Crippen molar-refractivity contribution in [3.63, 3.8) is 0 Å². The molecule has 6 nitrogen and oxygen atoms in total. The molecule has 2 N–H and O–H groups in total. The first kappa shape index (κ1) is 22.9. The third-order valence-corrected chi connectivity index (χ3v) is 6.31. The van der Waals surface area contributed by atoms with E-state index < -0.39 is 0 Å². The van der Waals surface area contributed by atoms with Crippen LogP contribution in [-0.4, -0.2) is 36.1 Å². The average Bonchev–Trinajstić information content (AvgIpc) is 2.80. The van der Waals surface area contributed by atoms with Crippen molar-refractivity contribution < 1.29 is 14.4 Å². The lowest BCUT2D eigenvalue weighted by Crippen LogP contribution is -2.36. The first-order valence-corrected chi connectivity index (χ1v) is 11.6. The molecule has 1 aliphatic rings. The van der Waals surface area contributed by atoms with E-state index in [4.69, 9.17) is 0 Å². The number of nitrogens with zero attached hydrogens (tertiary/aromatic N) is 1. The summed E-state index contributed by atoms with van der Waals surface area (Å²) in [5.74, 6) is 0.526. The molecule has 0 saturated heterocycles. The Bertz CT molecular complexity index is 947. The number of amides is 3. The molecule has 1 unspecified atom stereocenters. The second-order valence-corrected chi connectivity index (χ2v) is 8.76. The van der Waals surface area contributed by atoms with E-state index in [0.717, 1.165) is 28.3 Å². The van der Waals surface area contributed by atoms with Gasteiger partial charge in [0.25, 0.3) is 5.91 Å². The second kappa shape index (κ2) is 11.0. The predicted octanol–water partition coefficient (Wildman–Crippen LogP) is 3.75. The zero-order chi connectivity index (χ0) is 22.2. The number of fused-ring (bicyclic) bond motifs is 1. The van der Waals surface area contributed by atoms with E-state index in [9.17, 15) is 14.4 Å². The largest absolute Gasteiger partial charge is 0.352 e. The van der Waals surface area contributed by atoms with Crippen molar-refractivity contribution in [3.05, 3.63) is 59.7 Å². The zero-order valence-electron chi connectivity index (χ0n) is 18.0. The van der Waals surface area contributed by atoms with Crippen LogP contribution in [0.1, 0.15) is 49.0 Å². The number of anilines is 1. The van der Waals surface area contributed by atoms with Gasteiger partial charge in [-0.05, 0) is 43.2 Å². The van der Waals surface area contributed by atoms with Gasteiger partial charge in [-0.25, -0.2) is 0 Å². The number of hydrogen-bond donors (Lipinski definition) is 2. The molecule has 0 saturated carbocycles. The molecule has 1 heterocycles. The number of carbonyl (C=O) groups is 3. The summed E-state index contributed by atoms with van der Waals surface area (Å²) in [7, 11) is 0. The highest BCUT2D eigenvalue weighted by Gasteiger charge is 2.22. The molecule has 0 radical (unpaired) electrons. The SMILES string of the molecule is CCC(C)NC(=O)c1cccc(CNC(=O)CCC(=O)N2CCSc3ccccc32)c1. The van der Waals surface area contributed by atoms with Gasteiger partial charge in [-0.3, -0.25) is 14.4 Å². The lowest BCUT2D eigenvalue weighted by molar-refractivity contribution is -0.125. The van der Waals surface area contributed by atoms with Crippen LogP contribution in [0.3, 0.4) is 0 Å². The Morgan fingerprint density at radius 3 is 2.71 bits per heavy atom. The summed E-state index contributed by atoms with van der Waals surface area (Å²) in [6.45, 7) is 4.96. The van der Waals surface area contributed by atoms with Gasteiger partial charge in [0.1, 0.15) is 0 Å². The van der Waals surface area contributed by atoms with Gasteiger partial charge in [-0.15, -0.1) is 11.8 Å². The smallest absolute Gasteiger partial charge is 0.251 e. The van der Waals surface area contributed by atoms with Crippen molar-refractivity contribution in [2.45, 2.75) is 50.6 Å². The molecule has 2 aromatic carbocycles. The van der Waals surface area contributed by atoms with Gasteiger partial charge in [-0.2, -0.15) is 0 Å². The monoisotopic (exact) mass is 439 g/mol. The number of benzene rings is 2. The maximum atomic E-state index is 12.7. The van der Waals surface area contributed by atoms with E-state index in [2.05, 4.69) is 10.6 Å². The average molecular weight is 440 g/mol. The highest BCUT2D eigenvalue weighted by Crippen LogP contribution is 2.34. The van der Waals surface area contributed by atoms with E-state index in [1.54, 1.807) is 28.8 Å². The van der Waals surface area contributed by atoms with Crippen LogP contribution in [0.2, 0.25) is 0 Å². The minimum Gasteiger partial charge on any atom is -0.352 e. The predicted molar refractivity (Wildman–Crippen MR) is 124 cm³/mol. The third-order valence-electron chi connectivity index (χ3n) is 5.26. The quantitative estimate of drug-likeness (QED) is 0.657. The molecule has 0 spiro atoms. The molecule has 0 aliphatic carbocycles. The maximum absolute atomic E-state index is 12.7. The van der Waals surface area contributed by atoms with Crippen molar-refractivity contribution in [1.29, 1.82) is 0 Å². The summed E-state index contributed by atoms with van der Waals surface area (Å²) in [5, 5.41) is 5.79. The summed E-state index contributed by atoms with van der Waals surface area (Å²) in [4.78, 5) is 40.1. The second-order valence-electron chi connectivity index (χ2n) is 7.62. The van der Waals surface area contributed by atoms with Crippen molar-refractivity contribution in [1.82, 2.24) is 10.6 Å². The Labute approximate surface area is 187 Å². The lowest BCUT2D eigenvalue weighted by Gasteiger charge is -2.29. The van der Waals surface area contributed by atoms with Crippen LogP contribution in [0.4, 0.5) is 5.69 Å². The molecule has 0 fully saturated rings. The summed E-state index contributed by atoms with van der Waals surface area (Å²) < 4.78 is 0. The maximum Gasteiger partial charge on any atom is 0.251 e. The van der Waals surface area contributed by atoms with Crippen molar-refractivity contribution >= 4 is 35.2 Å². The Hall–Kier alpha value is -2.80. The van der Waals surface area contributed by atoms with Gasteiger partial charge in [0.2, 0.25) is 11.8 Å². The first-order valence-electron chi connectivity index (χ1n) is 10.7. The summed E-state index contributed by atoms with van der Waals surface area (Å²) in [5.41, 5.74) is 2.35. The molecule has 164 valence electrons. The van der Waals surface area contributed by atoms with Crippen LogP contribution in [0.15, 0.2) is 53.4 Å². The fourth-order valence-corrected chi connectivity index (χ4v) is 4.30. The van der Waals surface area contributed by atoms with Crippen LogP contribution in [0.5, 0.6) is 0 Å². The van der Waals surface area contributed by atoms with Gasteiger partial charge in [-0.1, -0.05) is 31.2 Å². The van der Waals surface area contributed by atoms with Gasteiger partial charge in [0, 0.05) is 48.2 Å². The fourth-order valence-electron chi connectivity index (χ4n) is 3.30. The normalized spacial score (nSPS) is 13.8. The van der Waals surface area contributed by atoms with Crippen LogP contribution in [-0.2, 0) is 16.1 Å². The van der Waals surface area contributed by atoms with Crippen molar-refractivity contribution in [2.24, 2.45) is 0 Å². The van der Waals surface area contributed by atoms with E-state index in [1.807, 2.05) is 50.2 Å². The Morgan fingerprint density at radius 2 is 1.90 bits per heavy atom. The summed E-state index contributed by atoms with van der Waals surface area (Å²) in [6.07, 6.45) is 1.17. The van der Waals surface area contributed by atoms with Gasteiger partial charge in [0.05, 0.1) is 5.69 Å². The summed E-state index contributed by atoms with van der Waals surface area (Å²) in [6, 6.07) is 15.2. The number of thioether (sulfide) groups is 1. The van der Waals surface area contributed by atoms with Crippen LogP contribution >= 0.6 is 11.8 Å². The van der Waals surface area contributed by atoms with Crippen LogP contribution in [0.25, 0.3) is 0 Å². The Kier molecular flexibility index (Phi) is 8.12. The number of carbonyl (C=O) groups excluding carboxylic acids is 3. The Balaban J connectivity index is 1.48. The Morgan fingerprint density at radius 1 is 1.10 bits per heavy atom. The van der Waals surface area contributed by atoms with Gasteiger partial charge >= 0.3 is 0 Å². The van der Waals surface area contributed by atoms with E-state index in [-0.39, 0.29) is 36.6 Å². The molecule has 0 aromatic heterocycles. The molecule has 7 heteroatoms. The molecule has 3 rings (SSSR count). The minimum atomic E-state index is -0.178.